The average molecular weight is 368 g/mol. The Labute approximate surface area is 151 Å². The number of aliphatic hydroxyl groups is 1. The van der Waals surface area contributed by atoms with Gasteiger partial charge < -0.3 is 25.2 Å². The van der Waals surface area contributed by atoms with Gasteiger partial charge in [-0.1, -0.05) is 6.58 Å². The first-order valence-electron chi connectivity index (χ1n) is 8.45. The summed E-state index contributed by atoms with van der Waals surface area (Å²) in [7, 11) is 0. The molecule has 26 heavy (non-hydrogen) atoms. The molecule has 2 aliphatic carbocycles. The number of fused-ring (bicyclic) bond motifs is 1. The fraction of sp³-hybridized carbons (Fsp3) is 0.647. The zero-order chi connectivity index (χ0) is 19.6. The number of rotatable bonds is 7. The normalized spacial score (nSPS) is 32.6. The van der Waals surface area contributed by atoms with Crippen LogP contribution < -0.4 is 10.6 Å². The van der Waals surface area contributed by atoms with Crippen LogP contribution in [0.2, 0.25) is 0 Å². The topological polar surface area (TPSA) is 131 Å². The molecular formula is C17H24N2O7. The third-order valence-electron chi connectivity index (χ3n) is 4.89. The molecule has 2 saturated carbocycles. The maximum absolute atomic E-state index is 12.6. The number of amides is 2. The molecule has 0 radical (unpaired) electrons. The third-order valence-corrected chi connectivity index (χ3v) is 4.89. The van der Waals surface area contributed by atoms with Gasteiger partial charge >= 0.3 is 11.9 Å². The van der Waals surface area contributed by atoms with Crippen LogP contribution in [-0.2, 0) is 28.7 Å². The van der Waals surface area contributed by atoms with Crippen molar-refractivity contribution in [3.63, 3.8) is 0 Å². The number of esters is 2. The van der Waals surface area contributed by atoms with Gasteiger partial charge in [0.15, 0.2) is 0 Å². The first-order chi connectivity index (χ1) is 12.2. The number of hydrogen-bond acceptors (Lipinski definition) is 7. The number of carbonyl (C=O) groups is 4. The Balaban J connectivity index is 2.27. The van der Waals surface area contributed by atoms with Crippen LogP contribution in [0.4, 0.5) is 0 Å². The van der Waals surface area contributed by atoms with Gasteiger partial charge in [-0.25, -0.2) is 4.79 Å². The molecule has 0 aromatic heterocycles. The van der Waals surface area contributed by atoms with Crippen LogP contribution in [0.5, 0.6) is 0 Å². The fourth-order valence-corrected chi connectivity index (χ4v) is 3.88. The van der Waals surface area contributed by atoms with E-state index >= 15 is 0 Å². The largest absolute Gasteiger partial charge is 0.464 e. The lowest BCUT2D eigenvalue weighted by Crippen LogP contribution is -2.60. The molecule has 0 heterocycles. The fourth-order valence-electron chi connectivity index (χ4n) is 3.88. The number of nitrogens with one attached hydrogen (secondary N) is 2. The van der Waals surface area contributed by atoms with E-state index in [-0.39, 0.29) is 13.0 Å². The number of aliphatic hydroxyl groups excluding tert-OH is 1. The van der Waals surface area contributed by atoms with E-state index in [1.807, 2.05) is 0 Å². The zero-order valence-electron chi connectivity index (χ0n) is 15.0. The van der Waals surface area contributed by atoms with Crippen molar-refractivity contribution < 1.29 is 33.8 Å². The van der Waals surface area contributed by atoms with Crippen LogP contribution in [-0.4, -0.2) is 53.2 Å². The van der Waals surface area contributed by atoms with Crippen LogP contribution >= 0.6 is 0 Å². The predicted molar refractivity (Wildman–Crippen MR) is 88.2 cm³/mol. The van der Waals surface area contributed by atoms with Crippen molar-refractivity contribution in [3.8, 4) is 0 Å². The Hall–Kier alpha value is -2.42. The van der Waals surface area contributed by atoms with Crippen LogP contribution in [0.15, 0.2) is 12.8 Å². The SMILES string of the molecule is C=COC(=O)[C@H]1[C@H]2[C@@H]1[C@](NC(=O)[C@H](C)NC(C)=O)(C(=O)OCC)C[C@@H]2O. The molecule has 0 saturated heterocycles. The Morgan fingerprint density at radius 3 is 2.58 bits per heavy atom. The third kappa shape index (κ3) is 3.44. The molecule has 0 aliphatic heterocycles. The van der Waals surface area contributed by atoms with Crippen LogP contribution in [0.1, 0.15) is 27.2 Å². The molecule has 0 aromatic rings. The highest BCUT2D eigenvalue weighted by atomic mass is 16.5. The molecule has 2 fully saturated rings. The van der Waals surface area contributed by atoms with E-state index in [0.29, 0.717) is 0 Å². The molecule has 3 N–H and O–H groups in total. The van der Waals surface area contributed by atoms with Crippen molar-refractivity contribution in [2.24, 2.45) is 17.8 Å². The van der Waals surface area contributed by atoms with Gasteiger partial charge in [-0.05, 0) is 13.8 Å². The first-order valence-corrected chi connectivity index (χ1v) is 8.45. The molecule has 144 valence electrons. The Bertz CT molecular complexity index is 635. The van der Waals surface area contributed by atoms with E-state index < -0.39 is 59.2 Å². The second-order valence-electron chi connectivity index (χ2n) is 6.61. The zero-order valence-corrected chi connectivity index (χ0v) is 15.0. The molecule has 6 atom stereocenters. The average Bonchev–Trinajstić information content (AvgIpc) is 3.23. The second-order valence-corrected chi connectivity index (χ2v) is 6.61. The quantitative estimate of drug-likeness (QED) is 0.398. The van der Waals surface area contributed by atoms with E-state index in [4.69, 9.17) is 9.47 Å². The molecule has 0 unspecified atom stereocenters. The molecule has 0 spiro atoms. The summed E-state index contributed by atoms with van der Waals surface area (Å²) < 4.78 is 9.88. The smallest absolute Gasteiger partial charge is 0.332 e. The predicted octanol–water partition coefficient (Wildman–Crippen LogP) is -0.757. The lowest BCUT2D eigenvalue weighted by molar-refractivity contribution is -0.156. The summed E-state index contributed by atoms with van der Waals surface area (Å²) in [6, 6.07) is -0.896. The Morgan fingerprint density at radius 2 is 2.04 bits per heavy atom. The molecule has 2 aliphatic rings. The minimum atomic E-state index is -1.55. The molecule has 9 nitrogen and oxygen atoms in total. The van der Waals surface area contributed by atoms with E-state index in [1.54, 1.807) is 6.92 Å². The van der Waals surface area contributed by atoms with Gasteiger partial charge in [-0.3, -0.25) is 14.4 Å². The maximum Gasteiger partial charge on any atom is 0.332 e. The standard InChI is InChI=1S/C17H24N2O7/c1-5-25-15(23)12-11-10(21)7-17(13(11)12,16(24)26-6-2)19-14(22)8(3)18-9(4)20/h5,8,10-13,21H,1,6-7H2,2-4H3,(H,18,20)(H,19,22)/t8-,10-,11-,12-,13-,17-/m0/s1. The van der Waals surface area contributed by atoms with E-state index in [1.165, 1.54) is 13.8 Å². The minimum Gasteiger partial charge on any atom is -0.464 e. The van der Waals surface area contributed by atoms with E-state index in [9.17, 15) is 24.3 Å². The summed E-state index contributed by atoms with van der Waals surface area (Å²) >= 11 is 0. The maximum atomic E-state index is 12.6. The molecule has 9 heteroatoms. The summed E-state index contributed by atoms with van der Waals surface area (Å²) in [6.07, 6.45) is -0.0628. The van der Waals surface area contributed by atoms with Crippen molar-refractivity contribution in [2.75, 3.05) is 6.61 Å². The van der Waals surface area contributed by atoms with Crippen molar-refractivity contribution >= 4 is 23.8 Å². The van der Waals surface area contributed by atoms with Gasteiger partial charge in [0.2, 0.25) is 11.8 Å². The molecule has 2 amide bonds. The summed E-state index contributed by atoms with van der Waals surface area (Å²) in [5.74, 6) is -4.24. The van der Waals surface area contributed by atoms with E-state index in [2.05, 4.69) is 17.2 Å². The monoisotopic (exact) mass is 368 g/mol. The van der Waals surface area contributed by atoms with Gasteiger partial charge in [0.1, 0.15) is 11.6 Å². The van der Waals surface area contributed by atoms with Gasteiger partial charge in [0, 0.05) is 25.2 Å². The number of hydrogen-bond donors (Lipinski definition) is 3. The highest BCUT2D eigenvalue weighted by Gasteiger charge is 2.76. The van der Waals surface area contributed by atoms with Crippen molar-refractivity contribution in [3.05, 3.63) is 12.8 Å². The summed E-state index contributed by atoms with van der Waals surface area (Å²) in [6.45, 7) is 7.74. The van der Waals surface area contributed by atoms with Crippen LogP contribution in [0, 0.1) is 17.8 Å². The van der Waals surface area contributed by atoms with Gasteiger partial charge in [-0.15, -0.1) is 0 Å². The molecule has 0 bridgehead atoms. The molecule has 2 rings (SSSR count). The summed E-state index contributed by atoms with van der Waals surface area (Å²) in [5.41, 5.74) is -1.55. The summed E-state index contributed by atoms with van der Waals surface area (Å²) in [4.78, 5) is 48.4. The van der Waals surface area contributed by atoms with Crippen molar-refractivity contribution in [2.45, 2.75) is 44.9 Å². The molecule has 0 aromatic carbocycles. The minimum absolute atomic E-state index is 0.0719. The van der Waals surface area contributed by atoms with Gasteiger partial charge in [0.05, 0.1) is 24.9 Å². The van der Waals surface area contributed by atoms with E-state index in [0.717, 1.165) is 6.26 Å². The lowest BCUT2D eigenvalue weighted by atomic mass is 9.89. The van der Waals surface area contributed by atoms with Crippen molar-refractivity contribution in [1.29, 1.82) is 0 Å². The Morgan fingerprint density at radius 1 is 1.38 bits per heavy atom. The molecular weight excluding hydrogens is 344 g/mol. The Kier molecular flexibility index (Phi) is 5.70. The second kappa shape index (κ2) is 7.45. The van der Waals surface area contributed by atoms with Crippen LogP contribution in [0.3, 0.4) is 0 Å². The summed E-state index contributed by atoms with van der Waals surface area (Å²) in [5, 5.41) is 15.4. The number of carbonyl (C=O) groups excluding carboxylic acids is 4. The lowest BCUT2D eigenvalue weighted by Gasteiger charge is -2.32. The highest BCUT2D eigenvalue weighted by molar-refractivity contribution is 5.94. The van der Waals surface area contributed by atoms with Gasteiger partial charge in [0.25, 0.3) is 0 Å². The first kappa shape index (κ1) is 19.9. The highest BCUT2D eigenvalue weighted by Crippen LogP contribution is 2.63. The van der Waals surface area contributed by atoms with Crippen molar-refractivity contribution in [1.82, 2.24) is 10.6 Å². The number of ether oxygens (including phenoxy) is 2. The van der Waals surface area contributed by atoms with Gasteiger partial charge in [-0.2, -0.15) is 0 Å². The van der Waals surface area contributed by atoms with Crippen LogP contribution in [0.25, 0.3) is 0 Å².